The van der Waals surface area contributed by atoms with E-state index in [2.05, 4.69) is 38.6 Å². The second kappa shape index (κ2) is 7.23. The lowest BCUT2D eigenvalue weighted by Crippen LogP contribution is -2.42. The number of aromatic amines is 1. The van der Waals surface area contributed by atoms with Crippen molar-refractivity contribution in [1.29, 1.82) is 0 Å². The number of nitrogens with zero attached hydrogens (tertiary/aromatic N) is 4. The first kappa shape index (κ1) is 17.3. The minimum atomic E-state index is -0.0404. The summed E-state index contributed by atoms with van der Waals surface area (Å²) < 4.78 is 1.95. The lowest BCUT2D eigenvalue weighted by Gasteiger charge is -2.39. The lowest BCUT2D eigenvalue weighted by molar-refractivity contribution is 0.0875. The van der Waals surface area contributed by atoms with Crippen LogP contribution in [0.25, 0.3) is 0 Å². The van der Waals surface area contributed by atoms with Crippen LogP contribution in [0.4, 0.5) is 0 Å². The van der Waals surface area contributed by atoms with Gasteiger partial charge in [0.2, 0.25) is 0 Å². The molecule has 1 saturated heterocycles. The highest BCUT2D eigenvalue weighted by Gasteiger charge is 2.33. The summed E-state index contributed by atoms with van der Waals surface area (Å²) in [5.74, 6) is 0.337. The van der Waals surface area contributed by atoms with Gasteiger partial charge in [-0.25, -0.2) is 0 Å². The van der Waals surface area contributed by atoms with Gasteiger partial charge in [0.1, 0.15) is 0 Å². The first-order valence-corrected chi connectivity index (χ1v) is 9.67. The number of piperidine rings is 1. The molecule has 2 aliphatic rings. The molecule has 0 radical (unpaired) electrons. The van der Waals surface area contributed by atoms with Gasteiger partial charge in [-0.1, -0.05) is 0 Å². The molecule has 26 heavy (non-hydrogen) atoms. The van der Waals surface area contributed by atoms with Gasteiger partial charge in [-0.2, -0.15) is 10.2 Å². The summed E-state index contributed by atoms with van der Waals surface area (Å²) >= 11 is 0. The SMILES string of the molecule is CN1CCC[C@@H](CNC(=O)c2n[nH]c3c2CCCC3)[C@@H]1c1ccnn1C. The van der Waals surface area contributed by atoms with E-state index in [0.717, 1.165) is 49.9 Å². The van der Waals surface area contributed by atoms with Gasteiger partial charge in [-0.05, 0) is 64.1 Å². The molecule has 140 valence electrons. The van der Waals surface area contributed by atoms with E-state index in [1.807, 2.05) is 17.9 Å². The van der Waals surface area contributed by atoms with Gasteiger partial charge in [0, 0.05) is 31.0 Å². The Hall–Kier alpha value is -2.15. The van der Waals surface area contributed by atoms with Crippen molar-refractivity contribution in [3.63, 3.8) is 0 Å². The summed E-state index contributed by atoms with van der Waals surface area (Å²) in [4.78, 5) is 15.1. The molecule has 1 fully saturated rings. The molecule has 1 aliphatic heterocycles. The molecule has 2 aromatic heterocycles. The molecule has 3 heterocycles. The monoisotopic (exact) mass is 356 g/mol. The molecule has 7 nitrogen and oxygen atoms in total. The van der Waals surface area contributed by atoms with Crippen LogP contribution in [0.1, 0.15) is 59.2 Å². The number of carbonyl (C=O) groups is 1. The number of amides is 1. The Morgan fingerprint density at radius 1 is 1.31 bits per heavy atom. The van der Waals surface area contributed by atoms with Crippen molar-refractivity contribution in [2.24, 2.45) is 13.0 Å². The molecule has 0 bridgehead atoms. The van der Waals surface area contributed by atoms with Crippen molar-refractivity contribution in [3.05, 3.63) is 34.9 Å². The van der Waals surface area contributed by atoms with E-state index >= 15 is 0 Å². The predicted octanol–water partition coefficient (Wildman–Crippen LogP) is 1.83. The molecule has 2 aromatic rings. The standard InChI is InChI=1S/C19H28N6O/c1-24-11-5-6-13(18(24)16-9-10-21-25(16)2)12-20-19(26)17-14-7-3-4-8-15(14)22-23-17/h9-10,13,18H,3-8,11-12H2,1-2H3,(H,20,26)(H,22,23)/t13-,18+/m0/s1. The Bertz CT molecular complexity index is 779. The molecule has 2 N–H and O–H groups in total. The smallest absolute Gasteiger partial charge is 0.272 e. The molecule has 7 heteroatoms. The average molecular weight is 356 g/mol. The summed E-state index contributed by atoms with van der Waals surface area (Å²) in [6.45, 7) is 1.74. The number of hydrogen-bond donors (Lipinski definition) is 2. The highest BCUT2D eigenvalue weighted by atomic mass is 16.1. The van der Waals surface area contributed by atoms with Gasteiger partial charge in [0.05, 0.1) is 11.7 Å². The third-order valence-electron chi connectivity index (χ3n) is 5.97. The van der Waals surface area contributed by atoms with Crippen LogP contribution >= 0.6 is 0 Å². The Balaban J connectivity index is 1.46. The number of aryl methyl sites for hydroxylation is 2. The van der Waals surface area contributed by atoms with Gasteiger partial charge in [-0.15, -0.1) is 0 Å². The number of aromatic nitrogens is 4. The van der Waals surface area contributed by atoms with Crippen LogP contribution in [-0.2, 0) is 19.9 Å². The molecule has 1 aliphatic carbocycles. The fourth-order valence-corrected chi connectivity index (χ4v) is 4.59. The minimum Gasteiger partial charge on any atom is -0.350 e. The predicted molar refractivity (Wildman–Crippen MR) is 98.9 cm³/mol. The largest absolute Gasteiger partial charge is 0.350 e. The van der Waals surface area contributed by atoms with Crippen molar-refractivity contribution in [1.82, 2.24) is 30.2 Å². The Morgan fingerprint density at radius 3 is 2.96 bits per heavy atom. The van der Waals surface area contributed by atoms with Crippen LogP contribution in [0.2, 0.25) is 0 Å². The summed E-state index contributed by atoms with van der Waals surface area (Å²) in [6, 6.07) is 2.37. The summed E-state index contributed by atoms with van der Waals surface area (Å²) in [6.07, 6.45) is 8.40. The zero-order valence-corrected chi connectivity index (χ0v) is 15.7. The molecule has 1 amide bonds. The summed E-state index contributed by atoms with van der Waals surface area (Å²) in [5, 5.41) is 14.9. The Labute approximate surface area is 154 Å². The van der Waals surface area contributed by atoms with Gasteiger partial charge < -0.3 is 5.32 Å². The van der Waals surface area contributed by atoms with Crippen molar-refractivity contribution >= 4 is 5.91 Å². The van der Waals surface area contributed by atoms with E-state index in [4.69, 9.17) is 0 Å². The Morgan fingerprint density at radius 2 is 2.15 bits per heavy atom. The highest BCUT2D eigenvalue weighted by molar-refractivity contribution is 5.94. The number of fused-ring (bicyclic) bond motifs is 1. The lowest BCUT2D eigenvalue weighted by atomic mass is 9.87. The van der Waals surface area contributed by atoms with Gasteiger partial charge in [-0.3, -0.25) is 19.5 Å². The number of carbonyl (C=O) groups excluding carboxylic acids is 1. The van der Waals surface area contributed by atoms with Crippen LogP contribution in [0.15, 0.2) is 12.3 Å². The van der Waals surface area contributed by atoms with Crippen molar-refractivity contribution in [3.8, 4) is 0 Å². The normalized spacial score (nSPS) is 23.6. The zero-order valence-electron chi connectivity index (χ0n) is 15.7. The second-order valence-electron chi connectivity index (χ2n) is 7.65. The minimum absolute atomic E-state index is 0.0404. The second-order valence-corrected chi connectivity index (χ2v) is 7.65. The van der Waals surface area contributed by atoms with Crippen LogP contribution in [0.3, 0.4) is 0 Å². The average Bonchev–Trinajstić information content (AvgIpc) is 3.26. The van der Waals surface area contributed by atoms with E-state index in [1.54, 1.807) is 0 Å². The maximum Gasteiger partial charge on any atom is 0.272 e. The molecule has 0 aromatic carbocycles. The van der Waals surface area contributed by atoms with E-state index in [-0.39, 0.29) is 11.9 Å². The topological polar surface area (TPSA) is 78.8 Å². The fourth-order valence-electron chi connectivity index (χ4n) is 4.59. The third-order valence-corrected chi connectivity index (χ3v) is 5.97. The van der Waals surface area contributed by atoms with Crippen LogP contribution in [0, 0.1) is 5.92 Å². The first-order chi connectivity index (χ1) is 12.6. The zero-order chi connectivity index (χ0) is 18.1. The molecular formula is C19H28N6O. The number of nitrogens with one attached hydrogen (secondary N) is 2. The highest BCUT2D eigenvalue weighted by Crippen LogP contribution is 2.34. The van der Waals surface area contributed by atoms with Crippen LogP contribution < -0.4 is 5.32 Å². The molecular weight excluding hydrogens is 328 g/mol. The third kappa shape index (κ3) is 3.16. The molecule has 4 rings (SSSR count). The first-order valence-electron chi connectivity index (χ1n) is 9.67. The maximum atomic E-state index is 12.7. The maximum absolute atomic E-state index is 12.7. The number of hydrogen-bond acceptors (Lipinski definition) is 4. The van der Waals surface area contributed by atoms with Crippen LogP contribution in [0.5, 0.6) is 0 Å². The van der Waals surface area contributed by atoms with E-state index in [0.29, 0.717) is 18.2 Å². The molecule has 0 saturated carbocycles. The molecule has 0 spiro atoms. The van der Waals surface area contributed by atoms with Gasteiger partial charge in [0.25, 0.3) is 5.91 Å². The van der Waals surface area contributed by atoms with Crippen molar-refractivity contribution in [2.45, 2.75) is 44.6 Å². The summed E-state index contributed by atoms with van der Waals surface area (Å²) in [7, 11) is 4.15. The number of rotatable bonds is 4. The van der Waals surface area contributed by atoms with Gasteiger partial charge in [0.15, 0.2) is 5.69 Å². The van der Waals surface area contributed by atoms with Crippen molar-refractivity contribution < 1.29 is 4.79 Å². The van der Waals surface area contributed by atoms with E-state index in [1.165, 1.54) is 12.1 Å². The van der Waals surface area contributed by atoms with Crippen LogP contribution in [-0.4, -0.2) is 50.9 Å². The van der Waals surface area contributed by atoms with Crippen molar-refractivity contribution in [2.75, 3.05) is 20.1 Å². The molecule has 2 atom stereocenters. The quantitative estimate of drug-likeness (QED) is 0.876. The number of H-pyrrole nitrogens is 1. The van der Waals surface area contributed by atoms with Gasteiger partial charge >= 0.3 is 0 Å². The molecule has 0 unspecified atom stereocenters. The number of likely N-dealkylation sites (tertiary alicyclic amines) is 1. The van der Waals surface area contributed by atoms with E-state index < -0.39 is 0 Å². The van der Waals surface area contributed by atoms with E-state index in [9.17, 15) is 4.79 Å². The summed E-state index contributed by atoms with van der Waals surface area (Å²) in [5.41, 5.74) is 4.08. The fraction of sp³-hybridized carbons (Fsp3) is 0.632. The Kier molecular flexibility index (Phi) is 4.80.